The van der Waals surface area contributed by atoms with E-state index in [1.54, 1.807) is 0 Å². The third-order valence-electron chi connectivity index (χ3n) is 4.10. The van der Waals surface area contributed by atoms with Gasteiger partial charge in [-0.05, 0) is 55.7 Å². The molecule has 2 unspecified atom stereocenters. The molecule has 5 heteroatoms. The fourth-order valence-electron chi connectivity index (χ4n) is 2.86. The molecule has 0 aromatic heterocycles. The smallest absolute Gasteiger partial charge is 0.242 e. The maximum atomic E-state index is 12.4. The van der Waals surface area contributed by atoms with E-state index in [0.717, 1.165) is 22.6 Å². The molecule has 3 rings (SSSR count). The maximum absolute atomic E-state index is 12.4. The average Bonchev–Trinajstić information content (AvgIpc) is 3.06. The highest BCUT2D eigenvalue weighted by atomic mass is 16.5. The minimum Gasteiger partial charge on any atom is -0.494 e. The lowest BCUT2D eigenvalue weighted by molar-refractivity contribution is -0.117. The molecule has 1 heterocycles. The van der Waals surface area contributed by atoms with Gasteiger partial charge in [0.25, 0.3) is 0 Å². The fourth-order valence-corrected chi connectivity index (χ4v) is 2.86. The van der Waals surface area contributed by atoms with E-state index in [1.165, 1.54) is 0 Å². The van der Waals surface area contributed by atoms with Crippen molar-refractivity contribution in [3.05, 3.63) is 59.7 Å². The van der Waals surface area contributed by atoms with E-state index >= 15 is 0 Å². The van der Waals surface area contributed by atoms with Gasteiger partial charge in [-0.1, -0.05) is 24.3 Å². The molecule has 1 aliphatic rings. The van der Waals surface area contributed by atoms with E-state index in [4.69, 9.17) is 4.74 Å². The molecule has 1 amide bonds. The molecule has 1 saturated heterocycles. The van der Waals surface area contributed by atoms with Crippen molar-refractivity contribution in [3.63, 3.8) is 0 Å². The Morgan fingerprint density at radius 2 is 2.00 bits per heavy atom. The van der Waals surface area contributed by atoms with Crippen LogP contribution in [0.25, 0.3) is 0 Å². The molecule has 126 valence electrons. The van der Waals surface area contributed by atoms with Gasteiger partial charge in [-0.25, -0.2) is 10.9 Å². The van der Waals surface area contributed by atoms with Gasteiger partial charge in [0.1, 0.15) is 11.8 Å². The van der Waals surface area contributed by atoms with Crippen LogP contribution >= 0.6 is 0 Å². The Morgan fingerprint density at radius 3 is 2.71 bits per heavy atom. The van der Waals surface area contributed by atoms with Crippen LogP contribution in [0.4, 0.5) is 5.69 Å². The summed E-state index contributed by atoms with van der Waals surface area (Å²) in [4.78, 5) is 12.4. The van der Waals surface area contributed by atoms with E-state index in [1.807, 2.05) is 62.4 Å². The zero-order valence-corrected chi connectivity index (χ0v) is 14.0. The van der Waals surface area contributed by atoms with Crippen molar-refractivity contribution in [3.8, 4) is 5.75 Å². The quantitative estimate of drug-likeness (QED) is 0.791. The maximum Gasteiger partial charge on any atom is 0.242 e. The summed E-state index contributed by atoms with van der Waals surface area (Å²) in [6.07, 6.45) is 0.700. The van der Waals surface area contributed by atoms with Gasteiger partial charge in [0.15, 0.2) is 0 Å². The summed E-state index contributed by atoms with van der Waals surface area (Å²) < 4.78 is 5.46. The molecule has 0 bridgehead atoms. The Hall–Kier alpha value is -2.37. The third-order valence-corrected chi connectivity index (χ3v) is 4.10. The van der Waals surface area contributed by atoms with Gasteiger partial charge in [0.2, 0.25) is 5.91 Å². The largest absolute Gasteiger partial charge is 0.494 e. The SMILES string of the molecule is CCOc1ccc(C2CC(C(=O)Nc3cccc(C)c3)NN2)cc1. The molecule has 2 aromatic rings. The van der Waals surface area contributed by atoms with Gasteiger partial charge in [-0.2, -0.15) is 0 Å². The molecule has 0 aliphatic carbocycles. The number of amides is 1. The van der Waals surface area contributed by atoms with Crippen LogP contribution in [0, 0.1) is 6.92 Å². The van der Waals surface area contributed by atoms with Gasteiger partial charge in [-0.15, -0.1) is 0 Å². The molecule has 0 spiro atoms. The Labute approximate surface area is 142 Å². The van der Waals surface area contributed by atoms with Crippen molar-refractivity contribution in [1.82, 2.24) is 10.9 Å². The number of hydrogen-bond donors (Lipinski definition) is 3. The molecule has 2 aromatic carbocycles. The van der Waals surface area contributed by atoms with Gasteiger partial charge in [0.05, 0.1) is 6.61 Å². The number of carbonyl (C=O) groups is 1. The van der Waals surface area contributed by atoms with E-state index in [2.05, 4.69) is 16.2 Å². The van der Waals surface area contributed by atoms with E-state index in [9.17, 15) is 4.79 Å². The van der Waals surface area contributed by atoms with E-state index in [-0.39, 0.29) is 18.0 Å². The molecule has 5 nitrogen and oxygen atoms in total. The second-order valence-corrected chi connectivity index (χ2v) is 5.99. The van der Waals surface area contributed by atoms with Gasteiger partial charge in [0, 0.05) is 11.7 Å². The Morgan fingerprint density at radius 1 is 1.21 bits per heavy atom. The number of anilines is 1. The lowest BCUT2D eigenvalue weighted by Crippen LogP contribution is -2.39. The number of carbonyl (C=O) groups excluding carboxylic acids is 1. The summed E-state index contributed by atoms with van der Waals surface area (Å²) in [5, 5.41) is 2.96. The van der Waals surface area contributed by atoms with Crippen LogP contribution in [0.15, 0.2) is 48.5 Å². The molecule has 2 atom stereocenters. The lowest BCUT2D eigenvalue weighted by atomic mass is 10.0. The van der Waals surface area contributed by atoms with Crippen molar-refractivity contribution in [1.29, 1.82) is 0 Å². The number of rotatable bonds is 5. The summed E-state index contributed by atoms with van der Waals surface area (Å²) in [6, 6.07) is 15.6. The van der Waals surface area contributed by atoms with Crippen molar-refractivity contribution < 1.29 is 9.53 Å². The first-order chi connectivity index (χ1) is 11.7. The van der Waals surface area contributed by atoms with Crippen LogP contribution in [0.5, 0.6) is 5.75 Å². The van der Waals surface area contributed by atoms with E-state index < -0.39 is 0 Å². The summed E-state index contributed by atoms with van der Waals surface area (Å²) in [5.41, 5.74) is 9.37. The van der Waals surface area contributed by atoms with Gasteiger partial charge < -0.3 is 10.1 Å². The lowest BCUT2D eigenvalue weighted by Gasteiger charge is -2.11. The molecule has 24 heavy (non-hydrogen) atoms. The van der Waals surface area contributed by atoms with Crippen molar-refractivity contribution in [2.24, 2.45) is 0 Å². The normalized spacial score (nSPS) is 19.9. The molecule has 1 aliphatic heterocycles. The first-order valence-electron chi connectivity index (χ1n) is 8.27. The molecule has 0 radical (unpaired) electrons. The zero-order chi connectivity index (χ0) is 16.9. The average molecular weight is 325 g/mol. The second kappa shape index (κ2) is 7.47. The molecular weight excluding hydrogens is 302 g/mol. The van der Waals surface area contributed by atoms with Crippen LogP contribution in [0.3, 0.4) is 0 Å². The molecule has 0 saturated carbocycles. The van der Waals surface area contributed by atoms with Crippen LogP contribution in [0.2, 0.25) is 0 Å². The van der Waals surface area contributed by atoms with E-state index in [0.29, 0.717) is 13.0 Å². The summed E-state index contributed by atoms with van der Waals surface area (Å²) >= 11 is 0. The number of hydrogen-bond acceptors (Lipinski definition) is 4. The Balaban J connectivity index is 1.59. The molecule has 3 N–H and O–H groups in total. The summed E-state index contributed by atoms with van der Waals surface area (Å²) in [6.45, 7) is 4.63. The standard InChI is InChI=1S/C19H23N3O2/c1-3-24-16-9-7-14(8-10-16)17-12-18(22-21-17)19(23)20-15-6-4-5-13(2)11-15/h4-11,17-18,21-22H,3,12H2,1-2H3,(H,20,23). The number of nitrogens with one attached hydrogen (secondary N) is 3. The van der Waals surface area contributed by atoms with Crippen LogP contribution < -0.4 is 20.9 Å². The number of benzene rings is 2. The second-order valence-electron chi connectivity index (χ2n) is 5.99. The first-order valence-corrected chi connectivity index (χ1v) is 8.27. The highest BCUT2D eigenvalue weighted by Gasteiger charge is 2.30. The van der Waals surface area contributed by atoms with Crippen molar-refractivity contribution in [2.75, 3.05) is 11.9 Å². The van der Waals surface area contributed by atoms with Crippen molar-refractivity contribution in [2.45, 2.75) is 32.4 Å². The monoisotopic (exact) mass is 325 g/mol. The number of ether oxygens (including phenoxy) is 1. The zero-order valence-electron chi connectivity index (χ0n) is 14.0. The summed E-state index contributed by atoms with van der Waals surface area (Å²) in [7, 11) is 0. The minimum absolute atomic E-state index is 0.0264. The topological polar surface area (TPSA) is 62.4 Å². The number of hydrazine groups is 1. The number of aryl methyl sites for hydroxylation is 1. The predicted octanol–water partition coefficient (Wildman–Crippen LogP) is 2.94. The molecule has 1 fully saturated rings. The van der Waals surface area contributed by atoms with Gasteiger partial charge >= 0.3 is 0 Å². The Bertz CT molecular complexity index is 700. The van der Waals surface area contributed by atoms with Crippen molar-refractivity contribution >= 4 is 11.6 Å². The van der Waals surface area contributed by atoms with Crippen LogP contribution in [0.1, 0.15) is 30.5 Å². The third kappa shape index (κ3) is 3.93. The van der Waals surface area contributed by atoms with Crippen LogP contribution in [-0.2, 0) is 4.79 Å². The van der Waals surface area contributed by atoms with Crippen LogP contribution in [-0.4, -0.2) is 18.6 Å². The summed E-state index contributed by atoms with van der Waals surface area (Å²) in [5.74, 6) is 0.836. The van der Waals surface area contributed by atoms with Gasteiger partial charge in [-0.3, -0.25) is 4.79 Å². The highest BCUT2D eigenvalue weighted by molar-refractivity contribution is 5.95. The Kier molecular flexibility index (Phi) is 5.13. The first kappa shape index (κ1) is 16.5. The molecular formula is C19H23N3O2. The fraction of sp³-hybridized carbons (Fsp3) is 0.316. The predicted molar refractivity (Wildman–Crippen MR) is 94.8 cm³/mol. The minimum atomic E-state index is -0.262. The highest BCUT2D eigenvalue weighted by Crippen LogP contribution is 2.25.